The number of rotatable bonds is 2. The van der Waals surface area contributed by atoms with Gasteiger partial charge in [-0.05, 0) is 17.7 Å². The van der Waals surface area contributed by atoms with E-state index < -0.39 is 29.6 Å². The van der Waals surface area contributed by atoms with E-state index in [0.717, 1.165) is 16.7 Å². The number of pyridine rings is 1. The van der Waals surface area contributed by atoms with Crippen molar-refractivity contribution in [1.29, 1.82) is 0 Å². The topological polar surface area (TPSA) is 112 Å². The summed E-state index contributed by atoms with van der Waals surface area (Å²) < 4.78 is 62.7. The van der Waals surface area contributed by atoms with E-state index in [9.17, 15) is 22.4 Å². The fourth-order valence-corrected chi connectivity index (χ4v) is 4.40. The van der Waals surface area contributed by atoms with Crippen LogP contribution in [-0.4, -0.2) is 36.3 Å². The number of imidazole rings is 2. The van der Waals surface area contributed by atoms with Gasteiger partial charge in [0.1, 0.15) is 28.5 Å². The number of alkyl halides is 3. The maximum atomic E-state index is 14.9. The SMILES string of the molecule is Nc1nc2cc(F)c(C(=O)NC3COCc4c3ccn3c(C(F)(F)F)cnc43)cc2n2cncc12. The van der Waals surface area contributed by atoms with Crippen molar-refractivity contribution in [2.24, 2.45) is 0 Å². The Labute approximate surface area is 193 Å². The number of halogens is 4. The monoisotopic (exact) mass is 485 g/mol. The van der Waals surface area contributed by atoms with E-state index in [-0.39, 0.29) is 35.8 Å². The lowest BCUT2D eigenvalue weighted by molar-refractivity contribution is -0.141. The molecule has 5 aromatic rings. The molecule has 1 aromatic carbocycles. The summed E-state index contributed by atoms with van der Waals surface area (Å²) in [4.78, 5) is 25.2. The van der Waals surface area contributed by atoms with Crippen LogP contribution in [0.1, 0.15) is 33.2 Å². The highest BCUT2D eigenvalue weighted by Crippen LogP contribution is 2.34. The first kappa shape index (κ1) is 21.3. The van der Waals surface area contributed by atoms with Gasteiger partial charge in [-0.1, -0.05) is 0 Å². The predicted molar refractivity (Wildman–Crippen MR) is 115 cm³/mol. The van der Waals surface area contributed by atoms with Gasteiger partial charge in [0, 0.05) is 17.8 Å². The Hall–Kier alpha value is -4.26. The molecule has 35 heavy (non-hydrogen) atoms. The fraction of sp³-hybridized carbons (Fsp3) is 0.182. The summed E-state index contributed by atoms with van der Waals surface area (Å²) in [6.07, 6.45) is 0.397. The van der Waals surface area contributed by atoms with Crippen LogP contribution < -0.4 is 11.1 Å². The average Bonchev–Trinajstić information content (AvgIpc) is 3.47. The summed E-state index contributed by atoms with van der Waals surface area (Å²) in [7, 11) is 0. The van der Waals surface area contributed by atoms with Crippen molar-refractivity contribution in [2.45, 2.75) is 18.8 Å². The lowest BCUT2D eigenvalue weighted by Gasteiger charge is -2.27. The van der Waals surface area contributed by atoms with Gasteiger partial charge in [-0.3, -0.25) is 13.6 Å². The summed E-state index contributed by atoms with van der Waals surface area (Å²) in [6, 6.07) is 3.21. The Bertz CT molecular complexity index is 1660. The predicted octanol–water partition coefficient (Wildman–Crippen LogP) is 3.27. The van der Waals surface area contributed by atoms with Crippen LogP contribution in [0, 0.1) is 5.82 Å². The Morgan fingerprint density at radius 1 is 1.20 bits per heavy atom. The number of aromatic nitrogens is 5. The summed E-state index contributed by atoms with van der Waals surface area (Å²) >= 11 is 0. The zero-order valence-corrected chi connectivity index (χ0v) is 17.7. The third-order valence-corrected chi connectivity index (χ3v) is 6.03. The first-order valence-electron chi connectivity index (χ1n) is 10.4. The van der Waals surface area contributed by atoms with Crippen molar-refractivity contribution in [1.82, 2.24) is 29.1 Å². The molecule has 1 atom stereocenters. The van der Waals surface area contributed by atoms with Crippen LogP contribution in [0.4, 0.5) is 23.4 Å². The molecule has 4 aromatic heterocycles. The number of hydrogen-bond acceptors (Lipinski definition) is 6. The molecular weight excluding hydrogens is 470 g/mol. The van der Waals surface area contributed by atoms with E-state index in [0.29, 0.717) is 22.2 Å². The van der Waals surface area contributed by atoms with Crippen molar-refractivity contribution in [2.75, 3.05) is 12.3 Å². The van der Waals surface area contributed by atoms with E-state index in [1.165, 1.54) is 30.9 Å². The minimum Gasteiger partial charge on any atom is -0.382 e. The van der Waals surface area contributed by atoms with Crippen LogP contribution in [0.3, 0.4) is 0 Å². The first-order valence-corrected chi connectivity index (χ1v) is 10.4. The molecule has 0 spiro atoms. The van der Waals surface area contributed by atoms with Gasteiger partial charge < -0.3 is 15.8 Å². The summed E-state index contributed by atoms with van der Waals surface area (Å²) in [6.45, 7) is 0.0806. The number of nitrogens with two attached hydrogens (primary N) is 1. The normalized spacial score (nSPS) is 16.2. The summed E-state index contributed by atoms with van der Waals surface area (Å²) in [5.74, 6) is -1.37. The number of fused-ring (bicyclic) bond motifs is 6. The number of hydrogen-bond donors (Lipinski definition) is 2. The van der Waals surface area contributed by atoms with Gasteiger partial charge in [-0.25, -0.2) is 19.3 Å². The Kier molecular flexibility index (Phi) is 4.48. The highest BCUT2D eigenvalue weighted by Gasteiger charge is 2.36. The van der Waals surface area contributed by atoms with Crippen LogP contribution in [0.15, 0.2) is 43.1 Å². The molecule has 0 fully saturated rings. The Balaban J connectivity index is 1.38. The summed E-state index contributed by atoms with van der Waals surface area (Å²) in [5.41, 5.74) is 6.95. The quantitative estimate of drug-likeness (QED) is 0.371. The van der Waals surface area contributed by atoms with Crippen molar-refractivity contribution < 1.29 is 27.1 Å². The molecular formula is C22H15F4N7O2. The lowest BCUT2D eigenvalue weighted by Crippen LogP contribution is -2.35. The van der Waals surface area contributed by atoms with E-state index >= 15 is 0 Å². The standard InChI is InChI=1S/C22H15F4N7O2/c23-13-4-14-16(33-9-28-5-17(33)19(27)30-14)3-11(13)21(34)31-15-8-35-7-12-10(15)1-2-32-18(22(24,25)26)6-29-20(12)32/h1-6,9,15H,7-8H2,(H2,27,30)(H,31,34). The maximum Gasteiger partial charge on any atom is 0.433 e. The Morgan fingerprint density at radius 3 is 2.83 bits per heavy atom. The van der Waals surface area contributed by atoms with Gasteiger partial charge in [0.2, 0.25) is 0 Å². The average molecular weight is 485 g/mol. The number of nitrogens with one attached hydrogen (secondary N) is 1. The molecule has 5 heterocycles. The van der Waals surface area contributed by atoms with Crippen LogP contribution in [0.2, 0.25) is 0 Å². The number of ether oxygens (including phenoxy) is 1. The molecule has 1 amide bonds. The van der Waals surface area contributed by atoms with Crippen LogP contribution in [0.5, 0.6) is 0 Å². The molecule has 13 heteroatoms. The number of carbonyl (C=O) groups excluding carboxylic acids is 1. The second-order valence-corrected chi connectivity index (χ2v) is 8.09. The van der Waals surface area contributed by atoms with Gasteiger partial charge in [0.25, 0.3) is 5.91 Å². The molecule has 6 rings (SSSR count). The van der Waals surface area contributed by atoms with Crippen LogP contribution >= 0.6 is 0 Å². The van der Waals surface area contributed by atoms with E-state index in [1.54, 1.807) is 4.40 Å². The molecule has 1 aliphatic heterocycles. The molecule has 9 nitrogen and oxygen atoms in total. The highest BCUT2D eigenvalue weighted by molar-refractivity contribution is 5.98. The zero-order valence-electron chi connectivity index (χ0n) is 17.7. The van der Waals surface area contributed by atoms with Crippen molar-refractivity contribution in [3.8, 4) is 0 Å². The minimum atomic E-state index is -4.58. The molecule has 1 unspecified atom stereocenters. The Morgan fingerprint density at radius 2 is 2.03 bits per heavy atom. The first-order chi connectivity index (χ1) is 16.7. The van der Waals surface area contributed by atoms with Crippen LogP contribution in [0.25, 0.3) is 22.2 Å². The third kappa shape index (κ3) is 3.26. The fourth-order valence-electron chi connectivity index (χ4n) is 4.40. The number of anilines is 1. The van der Waals surface area contributed by atoms with Gasteiger partial charge in [0.05, 0.1) is 54.6 Å². The highest BCUT2D eigenvalue weighted by atomic mass is 19.4. The van der Waals surface area contributed by atoms with Gasteiger partial charge in [-0.2, -0.15) is 13.2 Å². The van der Waals surface area contributed by atoms with Gasteiger partial charge in [0.15, 0.2) is 0 Å². The van der Waals surface area contributed by atoms with E-state index in [1.807, 2.05) is 0 Å². The number of carbonyl (C=O) groups is 1. The smallest absolute Gasteiger partial charge is 0.382 e. The molecule has 0 saturated heterocycles. The number of nitrogen functional groups attached to an aromatic ring is 1. The molecule has 0 radical (unpaired) electrons. The molecule has 0 bridgehead atoms. The van der Waals surface area contributed by atoms with E-state index in [2.05, 4.69) is 20.3 Å². The molecule has 178 valence electrons. The van der Waals surface area contributed by atoms with Gasteiger partial charge >= 0.3 is 6.18 Å². The van der Waals surface area contributed by atoms with E-state index in [4.69, 9.17) is 10.5 Å². The zero-order chi connectivity index (χ0) is 24.5. The van der Waals surface area contributed by atoms with Crippen molar-refractivity contribution >= 4 is 33.9 Å². The van der Waals surface area contributed by atoms with Gasteiger partial charge in [-0.15, -0.1) is 0 Å². The lowest BCUT2D eigenvalue weighted by atomic mass is 10.00. The minimum absolute atomic E-state index is 0.0242. The third-order valence-electron chi connectivity index (χ3n) is 6.03. The number of nitrogens with zero attached hydrogens (tertiary/aromatic N) is 5. The number of benzene rings is 1. The van der Waals surface area contributed by atoms with Crippen LogP contribution in [-0.2, 0) is 17.5 Å². The van der Waals surface area contributed by atoms with Crippen molar-refractivity contribution in [3.63, 3.8) is 0 Å². The molecule has 0 aliphatic carbocycles. The second kappa shape index (κ2) is 7.37. The maximum absolute atomic E-state index is 14.9. The summed E-state index contributed by atoms with van der Waals surface area (Å²) in [5, 5.41) is 2.72. The van der Waals surface area contributed by atoms with Crippen molar-refractivity contribution in [3.05, 3.63) is 71.3 Å². The number of amides is 1. The molecule has 0 saturated carbocycles. The molecule has 1 aliphatic rings. The molecule has 3 N–H and O–H groups in total. The second-order valence-electron chi connectivity index (χ2n) is 8.09. The largest absolute Gasteiger partial charge is 0.433 e.